The minimum Gasteiger partial charge on any atom is -0.393 e. The summed E-state index contributed by atoms with van der Waals surface area (Å²) in [6, 6.07) is 0. The maximum Gasteiger partial charge on any atom is 0.0577 e. The van der Waals surface area contributed by atoms with Crippen LogP contribution in [0.5, 0.6) is 0 Å². The molecule has 1 N–H and O–H groups in total. The lowest BCUT2D eigenvalue weighted by Crippen LogP contribution is -2.50. The fourth-order valence-corrected chi connectivity index (χ4v) is 9.48. The van der Waals surface area contributed by atoms with Gasteiger partial charge in [0.2, 0.25) is 0 Å². The maximum atomic E-state index is 10.3. The number of hydrogen-bond acceptors (Lipinski definition) is 1. The van der Waals surface area contributed by atoms with E-state index in [1.54, 1.807) is 5.57 Å². The van der Waals surface area contributed by atoms with Crippen LogP contribution in [-0.4, -0.2) is 11.2 Å². The van der Waals surface area contributed by atoms with E-state index in [0.29, 0.717) is 10.8 Å². The highest BCUT2D eigenvalue weighted by Crippen LogP contribution is 2.67. The minimum absolute atomic E-state index is 0.0798. The number of aliphatic hydroxyl groups excluding tert-OH is 1. The molecular weight excluding hydrogens is 376 g/mol. The molecule has 0 saturated heterocycles. The third kappa shape index (κ3) is 4.20. The molecule has 3 saturated carbocycles. The van der Waals surface area contributed by atoms with Crippen molar-refractivity contribution in [2.24, 2.45) is 52.3 Å². The Labute approximate surface area is 193 Å². The molecule has 0 heterocycles. The zero-order valence-electron chi connectivity index (χ0n) is 21.6. The highest BCUT2D eigenvalue weighted by Gasteiger charge is 2.59. The number of aliphatic hydroxyl groups is 1. The highest BCUT2D eigenvalue weighted by atomic mass is 16.3. The molecule has 0 radical (unpaired) electrons. The van der Waals surface area contributed by atoms with Crippen molar-refractivity contribution in [3.8, 4) is 0 Å². The molecule has 4 aliphatic rings. The smallest absolute Gasteiger partial charge is 0.0577 e. The first kappa shape index (κ1) is 23.8. The Bertz CT molecular complexity index is 649. The van der Waals surface area contributed by atoms with E-state index >= 15 is 0 Å². The van der Waals surface area contributed by atoms with E-state index < -0.39 is 0 Å². The normalized spacial score (nSPS) is 44.3. The van der Waals surface area contributed by atoms with Gasteiger partial charge in [-0.1, -0.05) is 72.5 Å². The van der Waals surface area contributed by atoms with Crippen molar-refractivity contribution in [3.05, 3.63) is 11.6 Å². The molecular formula is C30H52O. The number of rotatable bonds is 7. The molecule has 4 aliphatic carbocycles. The van der Waals surface area contributed by atoms with E-state index in [1.807, 2.05) is 0 Å². The van der Waals surface area contributed by atoms with Crippen LogP contribution in [-0.2, 0) is 0 Å². The summed E-state index contributed by atoms with van der Waals surface area (Å²) in [4.78, 5) is 0. The summed E-state index contributed by atoms with van der Waals surface area (Å²) in [5.74, 6) is 6.32. The number of allylic oxidation sites excluding steroid dienone is 1. The summed E-state index contributed by atoms with van der Waals surface area (Å²) in [5.41, 5.74) is 2.58. The molecule has 178 valence electrons. The fourth-order valence-electron chi connectivity index (χ4n) is 9.48. The van der Waals surface area contributed by atoms with E-state index in [-0.39, 0.29) is 6.10 Å². The molecule has 0 aromatic heterocycles. The molecule has 1 nitrogen and oxygen atoms in total. The SMILES string of the molecule is CCCC(CCC(C)C1CCC2C3CC=C4CC(O)CCC4(C)C3CCC12C)C(C)C. The Morgan fingerprint density at radius 3 is 2.45 bits per heavy atom. The van der Waals surface area contributed by atoms with Crippen molar-refractivity contribution in [2.75, 3.05) is 0 Å². The first-order valence-corrected chi connectivity index (χ1v) is 14.1. The summed E-state index contributed by atoms with van der Waals surface area (Å²) in [7, 11) is 0. The Hall–Kier alpha value is -0.300. The Kier molecular flexibility index (Phi) is 7.04. The molecule has 4 rings (SSSR count). The molecule has 9 atom stereocenters. The first-order valence-electron chi connectivity index (χ1n) is 14.1. The molecule has 0 amide bonds. The van der Waals surface area contributed by atoms with Gasteiger partial charge in [-0.2, -0.15) is 0 Å². The van der Waals surface area contributed by atoms with E-state index in [4.69, 9.17) is 0 Å². The largest absolute Gasteiger partial charge is 0.393 e. The predicted molar refractivity (Wildman–Crippen MR) is 133 cm³/mol. The highest BCUT2D eigenvalue weighted by molar-refractivity contribution is 5.25. The van der Waals surface area contributed by atoms with Crippen LogP contribution in [0.2, 0.25) is 0 Å². The van der Waals surface area contributed by atoms with Crippen molar-refractivity contribution < 1.29 is 5.11 Å². The van der Waals surface area contributed by atoms with Crippen LogP contribution >= 0.6 is 0 Å². The van der Waals surface area contributed by atoms with Crippen LogP contribution in [0.15, 0.2) is 11.6 Å². The zero-order valence-corrected chi connectivity index (χ0v) is 21.6. The summed E-state index contributed by atoms with van der Waals surface area (Å²) >= 11 is 0. The number of fused-ring (bicyclic) bond motifs is 5. The van der Waals surface area contributed by atoms with Gasteiger partial charge in [-0.05, 0) is 110 Å². The molecule has 1 heteroatoms. The minimum atomic E-state index is -0.0798. The zero-order chi connectivity index (χ0) is 22.4. The lowest BCUT2D eigenvalue weighted by Gasteiger charge is -2.58. The maximum absolute atomic E-state index is 10.3. The third-order valence-corrected chi connectivity index (χ3v) is 11.4. The van der Waals surface area contributed by atoms with E-state index in [1.165, 1.54) is 64.2 Å². The average molecular weight is 429 g/mol. The molecule has 0 bridgehead atoms. The first-order chi connectivity index (χ1) is 14.7. The van der Waals surface area contributed by atoms with Gasteiger partial charge >= 0.3 is 0 Å². The number of hydrogen-bond donors (Lipinski definition) is 1. The van der Waals surface area contributed by atoms with Crippen molar-refractivity contribution in [1.29, 1.82) is 0 Å². The fraction of sp³-hybridized carbons (Fsp3) is 0.933. The van der Waals surface area contributed by atoms with Crippen molar-refractivity contribution in [1.82, 2.24) is 0 Å². The lowest BCUT2D eigenvalue weighted by atomic mass is 9.47. The molecule has 31 heavy (non-hydrogen) atoms. The van der Waals surface area contributed by atoms with Gasteiger partial charge in [0, 0.05) is 0 Å². The van der Waals surface area contributed by atoms with Gasteiger partial charge in [0.05, 0.1) is 6.10 Å². The Balaban J connectivity index is 1.46. The van der Waals surface area contributed by atoms with E-state index in [9.17, 15) is 5.11 Å². The predicted octanol–water partition coefficient (Wildman–Crippen LogP) is 8.41. The van der Waals surface area contributed by atoms with Gasteiger partial charge < -0.3 is 5.11 Å². The second kappa shape index (κ2) is 9.15. The summed E-state index contributed by atoms with van der Waals surface area (Å²) in [6.45, 7) is 15.1. The summed E-state index contributed by atoms with van der Waals surface area (Å²) in [6.07, 6.45) is 18.5. The van der Waals surface area contributed by atoms with Crippen LogP contribution in [0.3, 0.4) is 0 Å². The Morgan fingerprint density at radius 2 is 1.74 bits per heavy atom. The van der Waals surface area contributed by atoms with Gasteiger partial charge in [-0.3, -0.25) is 0 Å². The quantitative estimate of drug-likeness (QED) is 0.403. The van der Waals surface area contributed by atoms with Gasteiger partial charge in [-0.15, -0.1) is 0 Å². The summed E-state index contributed by atoms with van der Waals surface area (Å²) in [5, 5.41) is 10.3. The monoisotopic (exact) mass is 428 g/mol. The van der Waals surface area contributed by atoms with E-state index in [0.717, 1.165) is 54.3 Å². The molecule has 0 spiro atoms. The molecule has 3 fully saturated rings. The second-order valence-electron chi connectivity index (χ2n) is 13.2. The van der Waals surface area contributed by atoms with Crippen LogP contribution in [0.4, 0.5) is 0 Å². The standard InChI is InChI=1S/C30H52O/c1-7-8-22(20(2)3)10-9-21(4)26-13-14-27-25-12-11-23-19-24(31)15-17-29(23,5)28(25)16-18-30(26,27)6/h11,20-22,24-28,31H,7-10,12-19H2,1-6H3. The molecule has 0 aromatic rings. The lowest BCUT2D eigenvalue weighted by molar-refractivity contribution is -0.0575. The van der Waals surface area contributed by atoms with Crippen LogP contribution in [0, 0.1) is 52.3 Å². The molecule has 0 aromatic carbocycles. The van der Waals surface area contributed by atoms with Crippen LogP contribution in [0.1, 0.15) is 119 Å². The van der Waals surface area contributed by atoms with Gasteiger partial charge in [0.25, 0.3) is 0 Å². The van der Waals surface area contributed by atoms with Gasteiger partial charge in [0.1, 0.15) is 0 Å². The van der Waals surface area contributed by atoms with Crippen molar-refractivity contribution in [2.45, 2.75) is 125 Å². The topological polar surface area (TPSA) is 20.2 Å². The van der Waals surface area contributed by atoms with Crippen LogP contribution in [0.25, 0.3) is 0 Å². The second-order valence-corrected chi connectivity index (χ2v) is 13.2. The Morgan fingerprint density at radius 1 is 0.968 bits per heavy atom. The molecule has 0 aliphatic heterocycles. The van der Waals surface area contributed by atoms with Crippen molar-refractivity contribution in [3.63, 3.8) is 0 Å². The van der Waals surface area contributed by atoms with Crippen molar-refractivity contribution >= 4 is 0 Å². The van der Waals surface area contributed by atoms with Gasteiger partial charge in [-0.25, -0.2) is 0 Å². The van der Waals surface area contributed by atoms with E-state index in [2.05, 4.69) is 47.6 Å². The van der Waals surface area contributed by atoms with Gasteiger partial charge in [0.15, 0.2) is 0 Å². The van der Waals surface area contributed by atoms with Crippen LogP contribution < -0.4 is 0 Å². The molecule has 9 unspecified atom stereocenters. The summed E-state index contributed by atoms with van der Waals surface area (Å²) < 4.78 is 0. The third-order valence-electron chi connectivity index (χ3n) is 11.4. The average Bonchev–Trinajstić information content (AvgIpc) is 3.08.